The average molecular weight is 810 g/mol. The lowest BCUT2D eigenvalue weighted by molar-refractivity contribution is 0.951. The maximum absolute atomic E-state index is 5.01. The first-order valence-electron chi connectivity index (χ1n) is 21.6. The summed E-state index contributed by atoms with van der Waals surface area (Å²) in [6.07, 6.45) is 8.85. The fourth-order valence-corrected chi connectivity index (χ4v) is 8.92. The van der Waals surface area contributed by atoms with Crippen molar-refractivity contribution in [3.05, 3.63) is 230 Å². The van der Waals surface area contributed by atoms with Gasteiger partial charge in [0, 0.05) is 57.0 Å². The number of anilines is 2. The number of para-hydroxylation sites is 2. The van der Waals surface area contributed by atoms with Crippen LogP contribution in [0.4, 0.5) is 11.4 Å². The van der Waals surface area contributed by atoms with E-state index in [1.54, 1.807) is 0 Å². The van der Waals surface area contributed by atoms with E-state index in [-0.39, 0.29) is 0 Å². The number of allylic oxidation sites excluding steroid dienone is 3. The molecule has 63 heavy (non-hydrogen) atoms. The average Bonchev–Trinajstić information content (AvgIpc) is 3.72. The monoisotopic (exact) mass is 809 g/mol. The third-order valence-electron chi connectivity index (χ3n) is 12.1. The summed E-state index contributed by atoms with van der Waals surface area (Å²) in [5.41, 5.74) is 14.5. The number of hydrogen-bond acceptors (Lipinski definition) is 4. The van der Waals surface area contributed by atoms with Crippen LogP contribution in [0.5, 0.6) is 0 Å². The van der Waals surface area contributed by atoms with Gasteiger partial charge in [-0.25, -0.2) is 15.0 Å². The fraction of sp³-hybridized carbons (Fsp3) is 0.0517. The predicted octanol–water partition coefficient (Wildman–Crippen LogP) is 14.7. The van der Waals surface area contributed by atoms with E-state index >= 15 is 0 Å². The van der Waals surface area contributed by atoms with Crippen LogP contribution in [0.3, 0.4) is 0 Å². The summed E-state index contributed by atoms with van der Waals surface area (Å²) in [4.78, 5) is 17.3. The van der Waals surface area contributed by atoms with E-state index in [1.165, 1.54) is 44.4 Å². The molecule has 3 heterocycles. The smallest absolute Gasteiger partial charge is 0.164 e. The zero-order valence-electron chi connectivity index (χ0n) is 34.9. The van der Waals surface area contributed by atoms with Gasteiger partial charge in [0.2, 0.25) is 0 Å². The van der Waals surface area contributed by atoms with E-state index in [1.807, 2.05) is 60.7 Å². The minimum absolute atomic E-state index is 0.310. The van der Waals surface area contributed by atoms with Crippen LogP contribution in [0, 0.1) is 0 Å². The Bertz CT molecular complexity index is 3290. The molecule has 0 amide bonds. The summed E-state index contributed by atoms with van der Waals surface area (Å²) < 4.78 is 2.39. The Balaban J connectivity index is 0.967. The molecule has 5 heteroatoms. The third-order valence-corrected chi connectivity index (χ3v) is 12.1. The Morgan fingerprint density at radius 1 is 0.413 bits per heavy atom. The zero-order valence-corrected chi connectivity index (χ0v) is 34.9. The van der Waals surface area contributed by atoms with Crippen molar-refractivity contribution < 1.29 is 0 Å². The molecule has 0 saturated carbocycles. The molecule has 0 N–H and O–H groups in total. The van der Waals surface area contributed by atoms with Gasteiger partial charge in [-0.1, -0.05) is 177 Å². The summed E-state index contributed by atoms with van der Waals surface area (Å²) in [5.74, 6) is 2.24. The van der Waals surface area contributed by atoms with Crippen LogP contribution < -0.4 is 4.90 Å². The van der Waals surface area contributed by atoms with Gasteiger partial charge in [0.25, 0.3) is 0 Å². The lowest BCUT2D eigenvalue weighted by Crippen LogP contribution is -2.18. The fourth-order valence-electron chi connectivity index (χ4n) is 8.92. The number of rotatable bonds is 7. The number of nitrogens with zero attached hydrogens (tertiary/aromatic N) is 5. The second kappa shape index (κ2) is 16.4. The second-order valence-electron chi connectivity index (χ2n) is 16.1. The summed E-state index contributed by atoms with van der Waals surface area (Å²) in [7, 11) is 0. The Morgan fingerprint density at radius 3 is 1.70 bits per heavy atom. The van der Waals surface area contributed by atoms with Crippen LogP contribution in [0.1, 0.15) is 18.4 Å². The molecular weight excluding hydrogens is 767 g/mol. The van der Waals surface area contributed by atoms with Crippen molar-refractivity contribution in [3.8, 4) is 62.1 Å². The van der Waals surface area contributed by atoms with Gasteiger partial charge in [-0.15, -0.1) is 0 Å². The summed E-state index contributed by atoms with van der Waals surface area (Å²) >= 11 is 0. The van der Waals surface area contributed by atoms with Gasteiger partial charge in [0.1, 0.15) is 0 Å². The summed E-state index contributed by atoms with van der Waals surface area (Å²) in [5, 5.41) is 2.44. The molecule has 0 aliphatic carbocycles. The highest BCUT2D eigenvalue weighted by atomic mass is 15.1. The quantitative estimate of drug-likeness (QED) is 0.161. The van der Waals surface area contributed by atoms with E-state index < -0.39 is 0 Å². The van der Waals surface area contributed by atoms with E-state index in [2.05, 4.69) is 180 Å². The summed E-state index contributed by atoms with van der Waals surface area (Å²) in [6, 6.07) is 71.0. The van der Waals surface area contributed by atoms with Gasteiger partial charge in [-0.05, 0) is 82.4 Å². The van der Waals surface area contributed by atoms with Gasteiger partial charge in [0.15, 0.2) is 17.5 Å². The van der Waals surface area contributed by atoms with Gasteiger partial charge < -0.3 is 9.47 Å². The van der Waals surface area contributed by atoms with E-state index in [0.717, 1.165) is 45.6 Å². The maximum Gasteiger partial charge on any atom is 0.164 e. The van der Waals surface area contributed by atoms with Crippen LogP contribution in [0.25, 0.3) is 83.9 Å². The van der Waals surface area contributed by atoms with Crippen molar-refractivity contribution in [2.45, 2.75) is 12.8 Å². The van der Waals surface area contributed by atoms with Crippen molar-refractivity contribution in [1.29, 1.82) is 0 Å². The summed E-state index contributed by atoms with van der Waals surface area (Å²) in [6.45, 7) is 3.06. The first-order valence-corrected chi connectivity index (χ1v) is 21.6. The molecule has 0 saturated heterocycles. The molecular formula is C58H43N5. The molecule has 2 aromatic heterocycles. The molecule has 10 aromatic rings. The maximum atomic E-state index is 5.01. The molecule has 0 spiro atoms. The van der Waals surface area contributed by atoms with Crippen molar-refractivity contribution in [1.82, 2.24) is 19.5 Å². The minimum Gasteiger partial charge on any atom is -0.337 e. The second-order valence-corrected chi connectivity index (χ2v) is 16.1. The first kappa shape index (κ1) is 37.8. The van der Waals surface area contributed by atoms with Gasteiger partial charge in [-0.2, -0.15) is 0 Å². The Labute approximate surface area is 367 Å². The highest BCUT2D eigenvalue weighted by Crippen LogP contribution is 2.39. The standard InChI is InChI=1S/C58H43N5/c1-40-18-5-4-14-35-62(53-31-12-10-29-50(40)53)48-27-16-24-44(37-48)46-33-34-55-52(39-46)51-30-11-13-32-54(51)63(55)49-28-17-25-45(38-49)43-23-15-26-47(36-43)58-60-56(41-19-6-2-7-20-41)59-57(61-58)42-21-8-3-9-22-42/h2-34,36-40H,35H2,1H3/b14-4-,18-5-. The molecule has 1 aliphatic rings. The third kappa shape index (κ3) is 7.30. The molecule has 11 rings (SSSR count). The van der Waals surface area contributed by atoms with Crippen molar-refractivity contribution in [3.63, 3.8) is 0 Å². The minimum atomic E-state index is 0.310. The van der Waals surface area contributed by atoms with Crippen LogP contribution in [0.2, 0.25) is 0 Å². The molecule has 1 unspecified atom stereocenters. The molecule has 300 valence electrons. The van der Waals surface area contributed by atoms with Crippen molar-refractivity contribution >= 4 is 33.2 Å². The molecule has 1 atom stereocenters. The Kier molecular flexibility index (Phi) is 9.83. The van der Waals surface area contributed by atoms with Crippen LogP contribution >= 0.6 is 0 Å². The molecule has 5 nitrogen and oxygen atoms in total. The highest BCUT2D eigenvalue weighted by Gasteiger charge is 2.19. The van der Waals surface area contributed by atoms with Gasteiger partial charge in [-0.3, -0.25) is 0 Å². The molecule has 0 fully saturated rings. The first-order chi connectivity index (χ1) is 31.1. The number of benzene rings is 8. The number of aromatic nitrogens is 4. The van der Waals surface area contributed by atoms with Crippen molar-refractivity contribution in [2.75, 3.05) is 11.4 Å². The predicted molar refractivity (Wildman–Crippen MR) is 261 cm³/mol. The molecule has 1 aliphatic heterocycles. The number of hydrogen-bond donors (Lipinski definition) is 0. The SMILES string of the molecule is CC1/C=C\C=C/CN(c2cccc(-c3ccc4c(c3)c3ccccc3n4-c3cccc(-c4cccc(-c5nc(-c6ccccc6)nc(-c6ccccc6)n5)c4)c3)c2)c2ccccc21. The highest BCUT2D eigenvalue weighted by molar-refractivity contribution is 6.10. The lowest BCUT2D eigenvalue weighted by Gasteiger charge is -2.27. The van der Waals surface area contributed by atoms with Gasteiger partial charge >= 0.3 is 0 Å². The Hall–Kier alpha value is -8.15. The lowest BCUT2D eigenvalue weighted by atomic mass is 9.97. The Morgan fingerprint density at radius 2 is 0.952 bits per heavy atom. The van der Waals surface area contributed by atoms with E-state index in [9.17, 15) is 0 Å². The molecule has 8 aromatic carbocycles. The van der Waals surface area contributed by atoms with Crippen LogP contribution in [-0.2, 0) is 0 Å². The zero-order chi connectivity index (χ0) is 42.1. The molecule has 0 radical (unpaired) electrons. The number of fused-ring (bicyclic) bond motifs is 4. The van der Waals surface area contributed by atoms with Gasteiger partial charge in [0.05, 0.1) is 11.0 Å². The van der Waals surface area contributed by atoms with E-state index in [0.29, 0.717) is 23.4 Å². The normalized spacial score (nSPS) is 14.7. The van der Waals surface area contributed by atoms with E-state index in [4.69, 9.17) is 15.0 Å². The van der Waals surface area contributed by atoms with Crippen LogP contribution in [0.15, 0.2) is 224 Å². The topological polar surface area (TPSA) is 46.8 Å². The molecule has 0 bridgehead atoms. The largest absolute Gasteiger partial charge is 0.337 e. The van der Waals surface area contributed by atoms with Crippen LogP contribution in [-0.4, -0.2) is 26.1 Å². The van der Waals surface area contributed by atoms with Crippen molar-refractivity contribution in [2.24, 2.45) is 0 Å².